The van der Waals surface area contributed by atoms with Gasteiger partial charge in [0, 0.05) is 38.3 Å². The zero-order valence-corrected chi connectivity index (χ0v) is 10.8. The van der Waals surface area contributed by atoms with Crippen LogP contribution in [0, 0.1) is 0 Å². The molecule has 0 saturated carbocycles. The second kappa shape index (κ2) is 5.70. The zero-order chi connectivity index (χ0) is 14.8. The molecular weight excluding hydrogens is 271 g/mol. The van der Waals surface area contributed by atoms with E-state index < -0.39 is 11.7 Å². The van der Waals surface area contributed by atoms with Gasteiger partial charge in [-0.25, -0.2) is 0 Å². The molecule has 20 heavy (non-hydrogen) atoms. The largest absolute Gasteiger partial charge is 0.416 e. The van der Waals surface area contributed by atoms with E-state index in [0.717, 1.165) is 6.07 Å². The first-order chi connectivity index (χ1) is 9.41. The van der Waals surface area contributed by atoms with Crippen molar-refractivity contribution in [1.82, 2.24) is 5.32 Å². The molecule has 0 aromatic heterocycles. The Balaban J connectivity index is 2.27. The molecule has 110 valence electrons. The Kier molecular flexibility index (Phi) is 4.17. The van der Waals surface area contributed by atoms with Crippen molar-refractivity contribution >= 4 is 11.6 Å². The Morgan fingerprint density at radius 3 is 2.70 bits per heavy atom. The molecule has 0 bridgehead atoms. The minimum Gasteiger partial charge on any atom is -0.369 e. The highest BCUT2D eigenvalue weighted by Crippen LogP contribution is 2.34. The Hall–Kier alpha value is -1.76. The van der Waals surface area contributed by atoms with Gasteiger partial charge in [-0.3, -0.25) is 4.79 Å². The quantitative estimate of drug-likeness (QED) is 0.866. The molecule has 1 aromatic carbocycles. The second-order valence-corrected chi connectivity index (χ2v) is 4.63. The number of alkyl halides is 3. The maximum Gasteiger partial charge on any atom is 0.416 e. The summed E-state index contributed by atoms with van der Waals surface area (Å²) in [7, 11) is 0. The highest BCUT2D eigenvalue weighted by molar-refractivity contribution is 5.77. The van der Waals surface area contributed by atoms with Crippen LogP contribution in [0.4, 0.5) is 18.9 Å². The summed E-state index contributed by atoms with van der Waals surface area (Å²) in [6, 6.07) is 3.94. The van der Waals surface area contributed by atoms with E-state index in [4.69, 9.17) is 5.73 Å². The van der Waals surface area contributed by atoms with Crippen molar-refractivity contribution in [3.8, 4) is 0 Å². The maximum absolute atomic E-state index is 12.8. The minimum atomic E-state index is -4.40. The molecule has 1 heterocycles. The first-order valence-electron chi connectivity index (χ1n) is 6.33. The van der Waals surface area contributed by atoms with Crippen molar-refractivity contribution in [2.75, 3.05) is 24.5 Å². The number of rotatable bonds is 2. The predicted octanol–water partition coefficient (Wildman–Crippen LogP) is 1.49. The molecule has 1 saturated heterocycles. The number of hydrogen-bond donors (Lipinski definition) is 2. The lowest BCUT2D eigenvalue weighted by atomic mass is 10.1. The molecule has 0 radical (unpaired) electrons. The number of benzene rings is 1. The fraction of sp³-hybridized carbons (Fsp3) is 0.462. The highest BCUT2D eigenvalue weighted by atomic mass is 19.4. The van der Waals surface area contributed by atoms with Gasteiger partial charge in [-0.1, -0.05) is 0 Å². The average molecular weight is 287 g/mol. The predicted molar refractivity (Wildman–Crippen MR) is 69.2 cm³/mol. The van der Waals surface area contributed by atoms with Crippen LogP contribution in [-0.4, -0.2) is 25.5 Å². The van der Waals surface area contributed by atoms with E-state index in [1.807, 2.05) is 4.90 Å². The van der Waals surface area contributed by atoms with E-state index >= 15 is 0 Å². The van der Waals surface area contributed by atoms with E-state index in [0.29, 0.717) is 31.7 Å². The van der Waals surface area contributed by atoms with E-state index in [1.165, 1.54) is 12.1 Å². The van der Waals surface area contributed by atoms with Gasteiger partial charge in [0.25, 0.3) is 0 Å². The fourth-order valence-corrected chi connectivity index (χ4v) is 2.25. The van der Waals surface area contributed by atoms with Gasteiger partial charge >= 0.3 is 6.18 Å². The Bertz CT molecular complexity index is 502. The van der Waals surface area contributed by atoms with Gasteiger partial charge in [0.2, 0.25) is 5.91 Å². The normalized spacial score (nSPS) is 16.8. The molecule has 2 rings (SSSR count). The first kappa shape index (κ1) is 14.6. The number of anilines is 1. The number of halogens is 3. The lowest BCUT2D eigenvalue weighted by molar-refractivity contribution is -0.138. The number of amides is 1. The average Bonchev–Trinajstić information content (AvgIpc) is 2.62. The maximum atomic E-state index is 12.8. The molecule has 1 aliphatic rings. The van der Waals surface area contributed by atoms with Crippen molar-refractivity contribution in [1.29, 1.82) is 0 Å². The van der Waals surface area contributed by atoms with Crippen LogP contribution in [0.3, 0.4) is 0 Å². The van der Waals surface area contributed by atoms with Gasteiger partial charge in [0.05, 0.1) is 5.56 Å². The van der Waals surface area contributed by atoms with Crippen molar-refractivity contribution in [2.24, 2.45) is 5.73 Å². The summed E-state index contributed by atoms with van der Waals surface area (Å²) in [6.07, 6.45) is -4.07. The van der Waals surface area contributed by atoms with E-state index in [9.17, 15) is 18.0 Å². The molecule has 1 aromatic rings. The summed E-state index contributed by atoms with van der Waals surface area (Å²) in [5.74, 6) is -0.0431. The number of nitrogens with zero attached hydrogens (tertiary/aromatic N) is 1. The molecule has 0 aliphatic carbocycles. The molecule has 0 atom stereocenters. The molecule has 4 nitrogen and oxygen atoms in total. The molecule has 0 unspecified atom stereocenters. The van der Waals surface area contributed by atoms with Crippen molar-refractivity contribution < 1.29 is 18.0 Å². The fourth-order valence-electron chi connectivity index (χ4n) is 2.25. The summed E-state index contributed by atoms with van der Waals surface area (Å²) in [5, 5.41) is 2.72. The van der Waals surface area contributed by atoms with Gasteiger partial charge < -0.3 is 16.0 Å². The van der Waals surface area contributed by atoms with Crippen LogP contribution in [0.25, 0.3) is 0 Å². The number of carbonyl (C=O) groups excluding carboxylic acids is 1. The van der Waals surface area contributed by atoms with Crippen molar-refractivity contribution in [3.05, 3.63) is 29.3 Å². The zero-order valence-electron chi connectivity index (χ0n) is 10.8. The third-order valence-corrected chi connectivity index (χ3v) is 3.29. The SMILES string of the molecule is NCc1cc(N2CCNC(=O)CC2)ccc1C(F)(F)F. The van der Waals surface area contributed by atoms with Crippen molar-refractivity contribution in [2.45, 2.75) is 19.1 Å². The lowest BCUT2D eigenvalue weighted by Gasteiger charge is -2.23. The van der Waals surface area contributed by atoms with Gasteiger partial charge in [-0.05, 0) is 23.8 Å². The second-order valence-electron chi connectivity index (χ2n) is 4.63. The first-order valence-corrected chi connectivity index (χ1v) is 6.33. The van der Waals surface area contributed by atoms with Crippen molar-refractivity contribution in [3.63, 3.8) is 0 Å². The molecule has 1 fully saturated rings. The molecule has 3 N–H and O–H groups in total. The highest BCUT2D eigenvalue weighted by Gasteiger charge is 2.33. The molecular formula is C13H16F3N3O. The molecule has 7 heteroatoms. The van der Waals surface area contributed by atoms with Crippen LogP contribution in [-0.2, 0) is 17.5 Å². The van der Waals surface area contributed by atoms with E-state index in [1.54, 1.807) is 0 Å². The molecule has 1 amide bonds. The van der Waals surface area contributed by atoms with Gasteiger partial charge in [-0.15, -0.1) is 0 Å². The summed E-state index contributed by atoms with van der Waals surface area (Å²) < 4.78 is 38.4. The molecule has 1 aliphatic heterocycles. The number of nitrogens with one attached hydrogen (secondary N) is 1. The summed E-state index contributed by atoms with van der Waals surface area (Å²) in [6.45, 7) is 1.37. The monoisotopic (exact) mass is 287 g/mol. The van der Waals surface area contributed by atoms with Gasteiger partial charge in [0.1, 0.15) is 0 Å². The van der Waals surface area contributed by atoms with Crippen LogP contribution in [0.1, 0.15) is 17.5 Å². The number of carbonyl (C=O) groups is 1. The minimum absolute atomic E-state index is 0.0431. The third kappa shape index (κ3) is 3.22. The van der Waals surface area contributed by atoms with E-state index in [2.05, 4.69) is 5.32 Å². The van der Waals surface area contributed by atoms with Gasteiger partial charge in [0.15, 0.2) is 0 Å². The van der Waals surface area contributed by atoms with Gasteiger partial charge in [-0.2, -0.15) is 13.2 Å². The summed E-state index contributed by atoms with van der Waals surface area (Å²) >= 11 is 0. The van der Waals surface area contributed by atoms with Crippen LogP contribution < -0.4 is 16.0 Å². The number of nitrogens with two attached hydrogens (primary N) is 1. The Morgan fingerprint density at radius 2 is 2.05 bits per heavy atom. The summed E-state index contributed by atoms with van der Waals surface area (Å²) in [4.78, 5) is 13.1. The molecule has 0 spiro atoms. The topological polar surface area (TPSA) is 58.4 Å². The Labute approximate surface area is 114 Å². The van der Waals surface area contributed by atoms with Crippen LogP contribution >= 0.6 is 0 Å². The standard InChI is InChI=1S/C13H16F3N3O/c14-13(15,16)11-2-1-10(7-9(11)8-17)19-5-3-12(20)18-4-6-19/h1-2,7H,3-6,8,17H2,(H,18,20). The lowest BCUT2D eigenvalue weighted by Crippen LogP contribution is -2.28. The Morgan fingerprint density at radius 1 is 1.30 bits per heavy atom. The summed E-state index contributed by atoms with van der Waals surface area (Å²) in [5.41, 5.74) is 5.44. The van der Waals surface area contributed by atoms with Crippen LogP contribution in [0.5, 0.6) is 0 Å². The van der Waals surface area contributed by atoms with E-state index in [-0.39, 0.29) is 18.0 Å². The van der Waals surface area contributed by atoms with Crippen LogP contribution in [0.2, 0.25) is 0 Å². The van der Waals surface area contributed by atoms with Crippen LogP contribution in [0.15, 0.2) is 18.2 Å². The third-order valence-electron chi connectivity index (χ3n) is 3.29. The number of hydrogen-bond acceptors (Lipinski definition) is 3. The smallest absolute Gasteiger partial charge is 0.369 e.